The SMILES string of the molecule is Ic1ccc2ncc3nc[nH]c3c2c1. The van der Waals surface area contributed by atoms with Crippen molar-refractivity contribution in [2.45, 2.75) is 0 Å². The van der Waals surface area contributed by atoms with Crippen molar-refractivity contribution in [2.24, 2.45) is 0 Å². The van der Waals surface area contributed by atoms with E-state index in [1.807, 2.05) is 6.07 Å². The van der Waals surface area contributed by atoms with E-state index in [2.05, 4.69) is 49.7 Å². The first-order valence-corrected chi connectivity index (χ1v) is 5.30. The fourth-order valence-electron chi connectivity index (χ4n) is 1.57. The van der Waals surface area contributed by atoms with E-state index in [1.165, 1.54) is 3.57 Å². The lowest BCUT2D eigenvalue weighted by Crippen LogP contribution is -1.81. The van der Waals surface area contributed by atoms with Gasteiger partial charge in [-0.05, 0) is 40.8 Å². The molecule has 0 unspecified atom stereocenters. The molecule has 0 amide bonds. The predicted molar refractivity (Wildman–Crippen MR) is 64.1 cm³/mol. The third-order valence-corrected chi connectivity index (χ3v) is 2.89. The van der Waals surface area contributed by atoms with E-state index in [9.17, 15) is 0 Å². The predicted octanol–water partition coefficient (Wildman–Crippen LogP) is 2.72. The molecule has 0 aliphatic rings. The zero-order valence-corrected chi connectivity index (χ0v) is 9.32. The van der Waals surface area contributed by atoms with Gasteiger partial charge in [-0.1, -0.05) is 0 Å². The molecule has 0 saturated heterocycles. The van der Waals surface area contributed by atoms with Crippen LogP contribution in [0.5, 0.6) is 0 Å². The number of hydrogen-bond acceptors (Lipinski definition) is 2. The number of nitrogens with one attached hydrogen (secondary N) is 1. The van der Waals surface area contributed by atoms with Crippen LogP contribution >= 0.6 is 22.6 Å². The minimum atomic E-state index is 0.916. The lowest BCUT2D eigenvalue weighted by molar-refractivity contribution is 1.34. The molecular formula is C10H6IN3. The minimum Gasteiger partial charge on any atom is -0.344 e. The number of aromatic amines is 1. The van der Waals surface area contributed by atoms with Crippen LogP contribution in [-0.4, -0.2) is 15.0 Å². The third-order valence-electron chi connectivity index (χ3n) is 2.22. The molecule has 3 rings (SSSR count). The van der Waals surface area contributed by atoms with E-state index in [4.69, 9.17) is 0 Å². The van der Waals surface area contributed by atoms with Gasteiger partial charge in [0.2, 0.25) is 0 Å². The smallest absolute Gasteiger partial charge is 0.107 e. The number of rotatable bonds is 0. The number of hydrogen-bond donors (Lipinski definition) is 1. The van der Waals surface area contributed by atoms with Crippen LogP contribution < -0.4 is 0 Å². The fraction of sp³-hybridized carbons (Fsp3) is 0. The normalized spacial score (nSPS) is 11.2. The molecule has 0 spiro atoms. The molecule has 0 saturated carbocycles. The van der Waals surface area contributed by atoms with Crippen molar-refractivity contribution in [1.29, 1.82) is 0 Å². The molecule has 0 aliphatic carbocycles. The van der Waals surface area contributed by atoms with Crippen LogP contribution in [0.4, 0.5) is 0 Å². The summed E-state index contributed by atoms with van der Waals surface area (Å²) in [6.07, 6.45) is 3.49. The second kappa shape index (κ2) is 2.91. The molecule has 0 atom stereocenters. The van der Waals surface area contributed by atoms with Gasteiger partial charge in [-0.2, -0.15) is 0 Å². The Hall–Kier alpha value is -1.17. The van der Waals surface area contributed by atoms with Gasteiger partial charge >= 0.3 is 0 Å². The van der Waals surface area contributed by atoms with Gasteiger partial charge in [0.15, 0.2) is 0 Å². The summed E-state index contributed by atoms with van der Waals surface area (Å²) >= 11 is 2.30. The number of fused-ring (bicyclic) bond motifs is 3. The first-order chi connectivity index (χ1) is 6.84. The van der Waals surface area contributed by atoms with Gasteiger partial charge < -0.3 is 4.98 Å². The Labute approximate surface area is 93.7 Å². The standard InChI is InChI=1S/C10H6IN3/c11-6-1-2-8-7(3-6)10-9(4-12-8)13-5-14-10/h1-5H,(H,13,14). The highest BCUT2D eigenvalue weighted by molar-refractivity contribution is 14.1. The Bertz CT molecular complexity index is 615. The number of imidazole rings is 1. The monoisotopic (exact) mass is 295 g/mol. The number of H-pyrrole nitrogens is 1. The van der Waals surface area contributed by atoms with Crippen molar-refractivity contribution in [1.82, 2.24) is 15.0 Å². The van der Waals surface area contributed by atoms with Crippen molar-refractivity contribution in [2.75, 3.05) is 0 Å². The van der Waals surface area contributed by atoms with E-state index in [0.29, 0.717) is 0 Å². The maximum absolute atomic E-state index is 4.34. The van der Waals surface area contributed by atoms with Crippen LogP contribution in [0.3, 0.4) is 0 Å². The molecule has 3 aromatic rings. The van der Waals surface area contributed by atoms with Gasteiger partial charge in [0.1, 0.15) is 5.52 Å². The Morgan fingerprint density at radius 1 is 1.14 bits per heavy atom. The summed E-state index contributed by atoms with van der Waals surface area (Å²) in [6, 6.07) is 6.19. The summed E-state index contributed by atoms with van der Waals surface area (Å²) in [7, 11) is 0. The van der Waals surface area contributed by atoms with Crippen LogP contribution in [0.2, 0.25) is 0 Å². The van der Waals surface area contributed by atoms with Crippen molar-refractivity contribution in [3.8, 4) is 0 Å². The van der Waals surface area contributed by atoms with Gasteiger partial charge in [-0.25, -0.2) is 4.98 Å². The molecule has 2 heterocycles. The Kier molecular flexibility index (Phi) is 1.70. The second-order valence-corrected chi connectivity index (χ2v) is 4.33. The molecule has 0 radical (unpaired) electrons. The zero-order chi connectivity index (χ0) is 9.54. The Morgan fingerprint density at radius 2 is 2.07 bits per heavy atom. The highest BCUT2D eigenvalue weighted by Gasteiger charge is 2.03. The van der Waals surface area contributed by atoms with Gasteiger partial charge in [-0.3, -0.25) is 4.98 Å². The molecule has 68 valence electrons. The van der Waals surface area contributed by atoms with E-state index < -0.39 is 0 Å². The first kappa shape index (κ1) is 8.16. The van der Waals surface area contributed by atoms with E-state index in [1.54, 1.807) is 12.5 Å². The maximum atomic E-state index is 4.34. The molecular weight excluding hydrogens is 289 g/mol. The van der Waals surface area contributed by atoms with Crippen molar-refractivity contribution in [3.63, 3.8) is 0 Å². The first-order valence-electron chi connectivity index (χ1n) is 4.22. The fourth-order valence-corrected chi connectivity index (χ4v) is 2.06. The van der Waals surface area contributed by atoms with Gasteiger partial charge in [0.25, 0.3) is 0 Å². The summed E-state index contributed by atoms with van der Waals surface area (Å²) in [5, 5.41) is 1.13. The van der Waals surface area contributed by atoms with Gasteiger partial charge in [0.05, 0.1) is 23.6 Å². The topological polar surface area (TPSA) is 41.6 Å². The third kappa shape index (κ3) is 1.10. The van der Waals surface area contributed by atoms with Crippen molar-refractivity contribution >= 4 is 44.5 Å². The van der Waals surface area contributed by atoms with E-state index >= 15 is 0 Å². The van der Waals surface area contributed by atoms with E-state index in [-0.39, 0.29) is 0 Å². The molecule has 1 N–H and O–H groups in total. The lowest BCUT2D eigenvalue weighted by Gasteiger charge is -1.98. The van der Waals surface area contributed by atoms with Gasteiger partial charge in [0, 0.05) is 8.96 Å². The Morgan fingerprint density at radius 3 is 3.00 bits per heavy atom. The summed E-state index contributed by atoms with van der Waals surface area (Å²) in [6.45, 7) is 0. The minimum absolute atomic E-state index is 0.916. The average Bonchev–Trinajstić information content (AvgIpc) is 2.65. The zero-order valence-electron chi connectivity index (χ0n) is 7.16. The molecule has 0 bridgehead atoms. The Balaban J connectivity index is 2.60. The maximum Gasteiger partial charge on any atom is 0.107 e. The summed E-state index contributed by atoms with van der Waals surface area (Å²) in [5.74, 6) is 0. The number of benzene rings is 1. The number of pyridine rings is 1. The largest absolute Gasteiger partial charge is 0.344 e. The molecule has 2 aromatic heterocycles. The highest BCUT2D eigenvalue weighted by atomic mass is 127. The van der Waals surface area contributed by atoms with Crippen LogP contribution in [0.15, 0.2) is 30.7 Å². The lowest BCUT2D eigenvalue weighted by atomic mass is 10.2. The highest BCUT2D eigenvalue weighted by Crippen LogP contribution is 2.22. The number of aromatic nitrogens is 3. The number of halogens is 1. The van der Waals surface area contributed by atoms with Crippen LogP contribution in [0, 0.1) is 3.57 Å². The second-order valence-electron chi connectivity index (χ2n) is 3.08. The van der Waals surface area contributed by atoms with Crippen LogP contribution in [-0.2, 0) is 0 Å². The molecule has 3 nitrogen and oxygen atoms in total. The van der Waals surface area contributed by atoms with Crippen LogP contribution in [0.1, 0.15) is 0 Å². The van der Waals surface area contributed by atoms with Crippen molar-refractivity contribution in [3.05, 3.63) is 34.3 Å². The summed E-state index contributed by atoms with van der Waals surface area (Å²) in [5.41, 5.74) is 2.98. The molecule has 14 heavy (non-hydrogen) atoms. The van der Waals surface area contributed by atoms with Gasteiger partial charge in [-0.15, -0.1) is 0 Å². The molecule has 0 fully saturated rings. The number of nitrogens with zero attached hydrogens (tertiary/aromatic N) is 2. The quantitative estimate of drug-likeness (QED) is 0.648. The average molecular weight is 295 g/mol. The molecule has 0 aliphatic heterocycles. The van der Waals surface area contributed by atoms with Crippen molar-refractivity contribution < 1.29 is 0 Å². The summed E-state index contributed by atoms with van der Waals surface area (Å²) in [4.78, 5) is 11.7. The summed E-state index contributed by atoms with van der Waals surface area (Å²) < 4.78 is 1.21. The molecule has 1 aromatic carbocycles. The molecule has 4 heteroatoms. The van der Waals surface area contributed by atoms with E-state index in [0.717, 1.165) is 21.9 Å². The van der Waals surface area contributed by atoms with Crippen LogP contribution in [0.25, 0.3) is 21.9 Å².